The molecule has 0 aromatic carbocycles. The van der Waals surface area contributed by atoms with Gasteiger partial charge in [0.15, 0.2) is 0 Å². The van der Waals surface area contributed by atoms with Crippen molar-refractivity contribution in [3.8, 4) is 6.07 Å². The largest absolute Gasteiger partial charge is 0.315 e. The van der Waals surface area contributed by atoms with Gasteiger partial charge in [-0.3, -0.25) is 4.90 Å². The Morgan fingerprint density at radius 2 is 2.19 bits per heavy atom. The summed E-state index contributed by atoms with van der Waals surface area (Å²) in [6, 6.07) is 2.73. The Morgan fingerprint density at radius 3 is 2.81 bits per heavy atom. The fourth-order valence-corrected chi connectivity index (χ4v) is 2.24. The molecule has 0 spiro atoms. The van der Waals surface area contributed by atoms with E-state index in [1.54, 1.807) is 0 Å². The zero-order chi connectivity index (χ0) is 12.0. The quantitative estimate of drug-likeness (QED) is 0.790. The molecule has 2 atom stereocenters. The molecule has 1 saturated heterocycles. The standard InChI is InChI=1S/C13H25N3/c1-11(2)5-7-16-10-12(3)8-15-9-13(16)4-6-14/h11-13,15H,4-5,7-10H2,1-3H3. The summed E-state index contributed by atoms with van der Waals surface area (Å²) in [5.41, 5.74) is 0. The highest BCUT2D eigenvalue weighted by Gasteiger charge is 2.23. The van der Waals surface area contributed by atoms with Gasteiger partial charge in [-0.1, -0.05) is 20.8 Å². The molecule has 1 aliphatic rings. The average molecular weight is 223 g/mol. The summed E-state index contributed by atoms with van der Waals surface area (Å²) < 4.78 is 0. The van der Waals surface area contributed by atoms with Crippen molar-refractivity contribution >= 4 is 0 Å². The van der Waals surface area contributed by atoms with Crippen molar-refractivity contribution < 1.29 is 0 Å². The van der Waals surface area contributed by atoms with Crippen molar-refractivity contribution in [2.75, 3.05) is 26.2 Å². The fraction of sp³-hybridized carbons (Fsp3) is 0.923. The molecule has 1 N–H and O–H groups in total. The number of hydrogen-bond acceptors (Lipinski definition) is 3. The molecule has 3 heteroatoms. The number of rotatable bonds is 4. The lowest BCUT2D eigenvalue weighted by molar-refractivity contribution is 0.184. The predicted molar refractivity (Wildman–Crippen MR) is 67.1 cm³/mol. The molecule has 1 aliphatic heterocycles. The molecule has 92 valence electrons. The van der Waals surface area contributed by atoms with E-state index >= 15 is 0 Å². The minimum absolute atomic E-state index is 0.411. The van der Waals surface area contributed by atoms with Crippen LogP contribution in [0.3, 0.4) is 0 Å². The maximum absolute atomic E-state index is 8.87. The molecular weight excluding hydrogens is 198 g/mol. The Labute approximate surface area is 99.8 Å². The second-order valence-electron chi connectivity index (χ2n) is 5.46. The van der Waals surface area contributed by atoms with Crippen molar-refractivity contribution in [1.29, 1.82) is 5.26 Å². The highest BCUT2D eigenvalue weighted by atomic mass is 15.2. The number of nitrogens with one attached hydrogen (secondary N) is 1. The van der Waals surface area contributed by atoms with E-state index in [0.717, 1.165) is 32.1 Å². The van der Waals surface area contributed by atoms with Gasteiger partial charge in [0.25, 0.3) is 0 Å². The van der Waals surface area contributed by atoms with Crippen LogP contribution in [-0.2, 0) is 0 Å². The molecular formula is C13H25N3. The maximum Gasteiger partial charge on any atom is 0.0638 e. The van der Waals surface area contributed by atoms with E-state index < -0.39 is 0 Å². The third-order valence-corrected chi connectivity index (χ3v) is 3.26. The van der Waals surface area contributed by atoms with Gasteiger partial charge in [0.1, 0.15) is 0 Å². The summed E-state index contributed by atoms with van der Waals surface area (Å²) in [5, 5.41) is 12.3. The monoisotopic (exact) mass is 223 g/mol. The minimum atomic E-state index is 0.411. The molecule has 0 bridgehead atoms. The Hall–Kier alpha value is -0.590. The molecule has 0 amide bonds. The first-order chi connectivity index (χ1) is 7.63. The zero-order valence-electron chi connectivity index (χ0n) is 10.9. The van der Waals surface area contributed by atoms with E-state index in [2.05, 4.69) is 37.1 Å². The summed E-state index contributed by atoms with van der Waals surface area (Å²) in [4.78, 5) is 2.51. The topological polar surface area (TPSA) is 39.1 Å². The lowest BCUT2D eigenvalue weighted by Crippen LogP contribution is -2.40. The van der Waals surface area contributed by atoms with Gasteiger partial charge in [-0.2, -0.15) is 5.26 Å². The SMILES string of the molecule is CC(C)CCN1CC(C)CNCC1CC#N. The summed E-state index contributed by atoms with van der Waals surface area (Å²) in [6.45, 7) is 11.1. The second kappa shape index (κ2) is 6.88. The van der Waals surface area contributed by atoms with Crippen LogP contribution in [0.5, 0.6) is 0 Å². The second-order valence-corrected chi connectivity index (χ2v) is 5.46. The molecule has 1 heterocycles. The van der Waals surface area contributed by atoms with Crippen LogP contribution in [0.15, 0.2) is 0 Å². The summed E-state index contributed by atoms with van der Waals surface area (Å²) in [5.74, 6) is 1.44. The van der Waals surface area contributed by atoms with Gasteiger partial charge in [-0.05, 0) is 31.3 Å². The molecule has 0 aromatic rings. The smallest absolute Gasteiger partial charge is 0.0638 e. The first-order valence-electron chi connectivity index (χ1n) is 6.45. The van der Waals surface area contributed by atoms with Crippen molar-refractivity contribution in [3.63, 3.8) is 0 Å². The maximum atomic E-state index is 8.87. The van der Waals surface area contributed by atoms with Crippen LogP contribution >= 0.6 is 0 Å². The third-order valence-electron chi connectivity index (χ3n) is 3.26. The van der Waals surface area contributed by atoms with Crippen molar-refractivity contribution in [1.82, 2.24) is 10.2 Å². The number of nitriles is 1. The normalized spacial score (nSPS) is 27.7. The fourth-order valence-electron chi connectivity index (χ4n) is 2.24. The van der Waals surface area contributed by atoms with E-state index in [4.69, 9.17) is 5.26 Å². The zero-order valence-corrected chi connectivity index (χ0v) is 10.9. The Morgan fingerprint density at radius 1 is 1.44 bits per heavy atom. The van der Waals surface area contributed by atoms with Crippen LogP contribution < -0.4 is 5.32 Å². The Bertz CT molecular complexity index is 232. The third kappa shape index (κ3) is 4.51. The lowest BCUT2D eigenvalue weighted by atomic mass is 10.1. The van der Waals surface area contributed by atoms with Crippen LogP contribution in [0.1, 0.15) is 33.6 Å². The van der Waals surface area contributed by atoms with Gasteiger partial charge >= 0.3 is 0 Å². The Balaban J connectivity index is 2.52. The molecule has 1 rings (SSSR count). The summed E-state index contributed by atoms with van der Waals surface area (Å²) in [6.07, 6.45) is 1.88. The molecule has 0 saturated carbocycles. The van der Waals surface area contributed by atoms with Crippen LogP contribution in [0.4, 0.5) is 0 Å². The van der Waals surface area contributed by atoms with Gasteiger partial charge < -0.3 is 5.32 Å². The van der Waals surface area contributed by atoms with E-state index in [1.807, 2.05) is 0 Å². The summed E-state index contributed by atoms with van der Waals surface area (Å²) in [7, 11) is 0. The molecule has 16 heavy (non-hydrogen) atoms. The van der Waals surface area contributed by atoms with Gasteiger partial charge in [0.05, 0.1) is 12.5 Å². The van der Waals surface area contributed by atoms with E-state index in [-0.39, 0.29) is 0 Å². The molecule has 3 nitrogen and oxygen atoms in total. The van der Waals surface area contributed by atoms with Crippen molar-refractivity contribution in [2.45, 2.75) is 39.7 Å². The van der Waals surface area contributed by atoms with Crippen molar-refractivity contribution in [2.24, 2.45) is 11.8 Å². The van der Waals surface area contributed by atoms with E-state index in [0.29, 0.717) is 18.4 Å². The van der Waals surface area contributed by atoms with Crippen molar-refractivity contribution in [3.05, 3.63) is 0 Å². The molecule has 0 aliphatic carbocycles. The molecule has 0 aromatic heterocycles. The summed E-state index contributed by atoms with van der Waals surface area (Å²) >= 11 is 0. The number of hydrogen-bond donors (Lipinski definition) is 1. The minimum Gasteiger partial charge on any atom is -0.315 e. The first-order valence-corrected chi connectivity index (χ1v) is 6.45. The van der Waals surface area contributed by atoms with Crippen LogP contribution in [0.2, 0.25) is 0 Å². The van der Waals surface area contributed by atoms with Gasteiger partial charge in [-0.15, -0.1) is 0 Å². The molecule has 2 unspecified atom stereocenters. The van der Waals surface area contributed by atoms with E-state index in [1.165, 1.54) is 6.42 Å². The first kappa shape index (κ1) is 13.5. The van der Waals surface area contributed by atoms with Crippen LogP contribution in [0, 0.1) is 23.2 Å². The number of nitrogens with zero attached hydrogens (tertiary/aromatic N) is 2. The highest BCUT2D eigenvalue weighted by molar-refractivity contribution is 4.87. The Kier molecular flexibility index (Phi) is 5.79. The predicted octanol–water partition coefficient (Wildman–Crippen LogP) is 1.86. The molecule has 0 radical (unpaired) electrons. The van der Waals surface area contributed by atoms with Gasteiger partial charge in [-0.25, -0.2) is 0 Å². The highest BCUT2D eigenvalue weighted by Crippen LogP contribution is 2.13. The van der Waals surface area contributed by atoms with Crippen LogP contribution in [0.25, 0.3) is 0 Å². The lowest BCUT2D eigenvalue weighted by Gasteiger charge is -2.29. The van der Waals surface area contributed by atoms with Gasteiger partial charge in [0.2, 0.25) is 0 Å². The van der Waals surface area contributed by atoms with Crippen LogP contribution in [-0.4, -0.2) is 37.1 Å². The average Bonchev–Trinajstić information content (AvgIpc) is 2.38. The van der Waals surface area contributed by atoms with Gasteiger partial charge in [0, 0.05) is 19.1 Å². The molecule has 1 fully saturated rings. The van der Waals surface area contributed by atoms with E-state index in [9.17, 15) is 0 Å².